The molecule has 2 unspecified atom stereocenters. The molecule has 1 aliphatic carbocycles. The third-order valence-corrected chi connectivity index (χ3v) is 5.37. The standard InChI is InChI=1S/C16H33N3/c1-15(2,3)19-11-9-18(10-12-19)13-7-6-8-16(4,5)14(13)17/h13-14H,6-12,17H2,1-5H3. The zero-order chi connectivity index (χ0) is 14.3. The Hall–Kier alpha value is -0.120. The Bertz CT molecular complexity index is 298. The first-order chi connectivity index (χ1) is 8.72. The van der Waals surface area contributed by atoms with Crippen molar-refractivity contribution in [1.82, 2.24) is 9.80 Å². The van der Waals surface area contributed by atoms with E-state index in [2.05, 4.69) is 44.4 Å². The van der Waals surface area contributed by atoms with Gasteiger partial charge in [0.1, 0.15) is 0 Å². The van der Waals surface area contributed by atoms with Crippen molar-refractivity contribution in [3.63, 3.8) is 0 Å². The Morgan fingerprint density at radius 2 is 1.63 bits per heavy atom. The Morgan fingerprint density at radius 3 is 2.16 bits per heavy atom. The molecule has 0 amide bonds. The summed E-state index contributed by atoms with van der Waals surface area (Å²) in [5, 5.41) is 0. The van der Waals surface area contributed by atoms with E-state index in [0.717, 1.165) is 0 Å². The number of rotatable bonds is 1. The molecule has 2 N–H and O–H groups in total. The summed E-state index contributed by atoms with van der Waals surface area (Å²) >= 11 is 0. The van der Waals surface area contributed by atoms with E-state index in [9.17, 15) is 0 Å². The largest absolute Gasteiger partial charge is 0.326 e. The summed E-state index contributed by atoms with van der Waals surface area (Å²) in [6.07, 6.45) is 3.91. The molecule has 2 fully saturated rings. The van der Waals surface area contributed by atoms with E-state index >= 15 is 0 Å². The smallest absolute Gasteiger partial charge is 0.0253 e. The van der Waals surface area contributed by atoms with Crippen LogP contribution in [-0.4, -0.2) is 53.6 Å². The Kier molecular flexibility index (Phi) is 4.29. The van der Waals surface area contributed by atoms with Crippen molar-refractivity contribution in [3.05, 3.63) is 0 Å². The summed E-state index contributed by atoms with van der Waals surface area (Å²) in [6.45, 7) is 16.4. The second kappa shape index (κ2) is 5.34. The van der Waals surface area contributed by atoms with Gasteiger partial charge in [0.05, 0.1) is 0 Å². The van der Waals surface area contributed by atoms with E-state index in [1.165, 1.54) is 45.4 Å². The van der Waals surface area contributed by atoms with Crippen LogP contribution in [0.2, 0.25) is 0 Å². The molecule has 2 atom stereocenters. The van der Waals surface area contributed by atoms with Crippen molar-refractivity contribution in [3.8, 4) is 0 Å². The lowest BCUT2D eigenvalue weighted by Gasteiger charge is -2.50. The lowest BCUT2D eigenvalue weighted by molar-refractivity contribution is 0.00609. The molecule has 1 saturated heterocycles. The van der Waals surface area contributed by atoms with Crippen LogP contribution in [0.5, 0.6) is 0 Å². The summed E-state index contributed by atoms with van der Waals surface area (Å²) in [7, 11) is 0. The molecule has 2 rings (SSSR count). The van der Waals surface area contributed by atoms with Crippen LogP contribution in [0.1, 0.15) is 53.9 Å². The molecule has 0 radical (unpaired) electrons. The molecule has 0 aromatic carbocycles. The lowest BCUT2D eigenvalue weighted by atomic mass is 9.70. The van der Waals surface area contributed by atoms with Crippen LogP contribution >= 0.6 is 0 Å². The number of hydrogen-bond acceptors (Lipinski definition) is 3. The number of piperazine rings is 1. The van der Waals surface area contributed by atoms with Crippen LogP contribution in [0.4, 0.5) is 0 Å². The molecule has 0 aromatic rings. The maximum atomic E-state index is 6.55. The minimum absolute atomic E-state index is 0.306. The highest BCUT2D eigenvalue weighted by atomic mass is 15.3. The molecule has 1 aliphatic heterocycles. The van der Waals surface area contributed by atoms with Crippen LogP contribution in [0.25, 0.3) is 0 Å². The number of nitrogens with two attached hydrogens (primary N) is 1. The van der Waals surface area contributed by atoms with Crippen LogP contribution in [0.15, 0.2) is 0 Å². The maximum absolute atomic E-state index is 6.55. The molecule has 0 spiro atoms. The number of hydrogen-bond donors (Lipinski definition) is 1. The van der Waals surface area contributed by atoms with Gasteiger partial charge in [0, 0.05) is 43.8 Å². The zero-order valence-electron chi connectivity index (χ0n) is 13.6. The molecule has 19 heavy (non-hydrogen) atoms. The molecular formula is C16H33N3. The molecule has 3 nitrogen and oxygen atoms in total. The molecule has 1 saturated carbocycles. The fraction of sp³-hybridized carbons (Fsp3) is 1.00. The monoisotopic (exact) mass is 267 g/mol. The highest BCUT2D eigenvalue weighted by molar-refractivity contribution is 4.97. The van der Waals surface area contributed by atoms with E-state index < -0.39 is 0 Å². The van der Waals surface area contributed by atoms with Crippen LogP contribution in [0, 0.1) is 5.41 Å². The van der Waals surface area contributed by atoms with Crippen molar-refractivity contribution < 1.29 is 0 Å². The minimum atomic E-state index is 0.306. The topological polar surface area (TPSA) is 32.5 Å². The summed E-state index contributed by atoms with van der Waals surface area (Å²) < 4.78 is 0. The Balaban J connectivity index is 1.94. The van der Waals surface area contributed by atoms with Crippen molar-refractivity contribution in [2.45, 2.75) is 71.5 Å². The first kappa shape index (κ1) is 15.3. The van der Waals surface area contributed by atoms with Gasteiger partial charge in [-0.15, -0.1) is 0 Å². The average Bonchev–Trinajstić information content (AvgIpc) is 2.32. The van der Waals surface area contributed by atoms with Gasteiger partial charge in [-0.25, -0.2) is 0 Å². The second-order valence-corrected chi connectivity index (χ2v) is 8.17. The quantitative estimate of drug-likeness (QED) is 0.791. The van der Waals surface area contributed by atoms with E-state index in [0.29, 0.717) is 23.0 Å². The zero-order valence-corrected chi connectivity index (χ0v) is 13.6. The fourth-order valence-corrected chi connectivity index (χ4v) is 3.77. The van der Waals surface area contributed by atoms with Crippen molar-refractivity contribution in [2.75, 3.05) is 26.2 Å². The molecule has 1 heterocycles. The summed E-state index contributed by atoms with van der Waals surface area (Å²) in [5.74, 6) is 0. The molecule has 0 aromatic heterocycles. The summed E-state index contributed by atoms with van der Waals surface area (Å²) in [4.78, 5) is 5.26. The van der Waals surface area contributed by atoms with Gasteiger partial charge in [-0.2, -0.15) is 0 Å². The molecule has 0 bridgehead atoms. The van der Waals surface area contributed by atoms with Crippen LogP contribution < -0.4 is 5.73 Å². The van der Waals surface area contributed by atoms with Crippen molar-refractivity contribution >= 4 is 0 Å². The lowest BCUT2D eigenvalue weighted by Crippen LogP contribution is -2.62. The molecule has 2 aliphatic rings. The fourth-order valence-electron chi connectivity index (χ4n) is 3.77. The third-order valence-electron chi connectivity index (χ3n) is 5.37. The first-order valence-electron chi connectivity index (χ1n) is 7.96. The molecule has 112 valence electrons. The SMILES string of the molecule is CC1(C)CCCC(N2CCN(C(C)(C)C)CC2)C1N. The van der Waals surface area contributed by atoms with Crippen molar-refractivity contribution in [2.24, 2.45) is 11.1 Å². The highest BCUT2D eigenvalue weighted by Gasteiger charge is 2.40. The van der Waals surface area contributed by atoms with Gasteiger partial charge in [-0.1, -0.05) is 20.3 Å². The van der Waals surface area contributed by atoms with Crippen molar-refractivity contribution in [1.29, 1.82) is 0 Å². The van der Waals surface area contributed by atoms with Gasteiger partial charge in [0.2, 0.25) is 0 Å². The van der Waals surface area contributed by atoms with E-state index in [4.69, 9.17) is 5.73 Å². The summed E-state index contributed by atoms with van der Waals surface area (Å²) in [6, 6.07) is 0.938. The summed E-state index contributed by atoms with van der Waals surface area (Å²) in [5.41, 5.74) is 7.17. The average molecular weight is 267 g/mol. The Labute approximate surface area is 119 Å². The van der Waals surface area contributed by atoms with Gasteiger partial charge >= 0.3 is 0 Å². The van der Waals surface area contributed by atoms with E-state index in [-0.39, 0.29) is 0 Å². The van der Waals surface area contributed by atoms with Gasteiger partial charge in [0.25, 0.3) is 0 Å². The Morgan fingerprint density at radius 1 is 1.05 bits per heavy atom. The van der Waals surface area contributed by atoms with Gasteiger partial charge in [-0.3, -0.25) is 9.80 Å². The predicted molar refractivity (Wildman–Crippen MR) is 82.3 cm³/mol. The van der Waals surface area contributed by atoms with Crippen LogP contribution in [-0.2, 0) is 0 Å². The minimum Gasteiger partial charge on any atom is -0.326 e. The van der Waals surface area contributed by atoms with Gasteiger partial charge in [-0.05, 0) is 39.0 Å². The predicted octanol–water partition coefficient (Wildman–Crippen LogP) is 2.31. The van der Waals surface area contributed by atoms with Crippen LogP contribution in [0.3, 0.4) is 0 Å². The normalized spacial score (nSPS) is 34.4. The molecule has 3 heteroatoms. The van der Waals surface area contributed by atoms with E-state index in [1.807, 2.05) is 0 Å². The second-order valence-electron chi connectivity index (χ2n) is 8.17. The first-order valence-corrected chi connectivity index (χ1v) is 7.96. The van der Waals surface area contributed by atoms with Gasteiger partial charge in [0.15, 0.2) is 0 Å². The number of nitrogens with zero attached hydrogens (tertiary/aromatic N) is 2. The maximum Gasteiger partial charge on any atom is 0.0253 e. The van der Waals surface area contributed by atoms with Gasteiger partial charge < -0.3 is 5.73 Å². The highest BCUT2D eigenvalue weighted by Crippen LogP contribution is 2.37. The molecular weight excluding hydrogens is 234 g/mol. The van der Waals surface area contributed by atoms with E-state index in [1.54, 1.807) is 0 Å². The third kappa shape index (κ3) is 3.32.